The molecule has 0 aromatic carbocycles. The summed E-state index contributed by atoms with van der Waals surface area (Å²) in [6.45, 7) is 0.660. The van der Waals surface area contributed by atoms with E-state index in [9.17, 15) is 4.79 Å². The van der Waals surface area contributed by atoms with Gasteiger partial charge >= 0.3 is 0 Å². The van der Waals surface area contributed by atoms with Gasteiger partial charge in [0.1, 0.15) is 0 Å². The van der Waals surface area contributed by atoms with E-state index in [-0.39, 0.29) is 17.9 Å². The Kier molecular flexibility index (Phi) is 3.48. The Labute approximate surface area is 131 Å². The van der Waals surface area contributed by atoms with E-state index in [1.165, 1.54) is 38.5 Å². The fourth-order valence-electron chi connectivity index (χ4n) is 4.41. The molecule has 0 radical (unpaired) electrons. The molecule has 2 aliphatic carbocycles. The molecule has 4 rings (SSSR count). The summed E-state index contributed by atoms with van der Waals surface area (Å²) in [5.74, 6) is 0.115. The zero-order valence-electron chi connectivity index (χ0n) is 13.3. The van der Waals surface area contributed by atoms with Crippen molar-refractivity contribution in [3.8, 4) is 0 Å². The molecular weight excluding hydrogens is 278 g/mol. The van der Waals surface area contributed by atoms with Crippen molar-refractivity contribution in [2.75, 3.05) is 6.61 Å². The highest BCUT2D eigenvalue weighted by molar-refractivity contribution is 5.80. The van der Waals surface area contributed by atoms with Crippen molar-refractivity contribution in [3.63, 3.8) is 0 Å². The van der Waals surface area contributed by atoms with Crippen LogP contribution in [0.1, 0.15) is 56.6 Å². The first-order valence-electron chi connectivity index (χ1n) is 8.58. The average molecular weight is 303 g/mol. The Hall–Kier alpha value is -1.36. The molecule has 1 aliphatic heterocycles. The zero-order chi connectivity index (χ0) is 15.2. The predicted octanol–water partition coefficient (Wildman–Crippen LogP) is 2.34. The smallest absolute Gasteiger partial charge is 0.226 e. The number of hydrogen-bond acceptors (Lipinski definition) is 3. The van der Waals surface area contributed by atoms with Crippen LogP contribution < -0.4 is 5.32 Å². The maximum absolute atomic E-state index is 12.7. The van der Waals surface area contributed by atoms with Crippen molar-refractivity contribution in [1.29, 1.82) is 0 Å². The lowest BCUT2D eigenvalue weighted by molar-refractivity contribution is -0.127. The molecule has 1 aromatic rings. The molecule has 0 unspecified atom stereocenters. The minimum Gasteiger partial charge on any atom is -0.373 e. The molecule has 5 heteroatoms. The van der Waals surface area contributed by atoms with Gasteiger partial charge in [0, 0.05) is 31.5 Å². The minimum atomic E-state index is -0.130. The van der Waals surface area contributed by atoms with Gasteiger partial charge in [-0.15, -0.1) is 0 Å². The maximum Gasteiger partial charge on any atom is 0.226 e. The Morgan fingerprint density at radius 2 is 2.23 bits per heavy atom. The summed E-state index contributed by atoms with van der Waals surface area (Å²) >= 11 is 0. The zero-order valence-corrected chi connectivity index (χ0v) is 13.3. The van der Waals surface area contributed by atoms with E-state index in [0.717, 1.165) is 12.0 Å². The summed E-state index contributed by atoms with van der Waals surface area (Å²) in [4.78, 5) is 12.7. The number of aryl methyl sites for hydroxylation is 1. The number of aromatic nitrogens is 2. The number of ether oxygens (including phenoxy) is 1. The lowest BCUT2D eigenvalue weighted by Gasteiger charge is -2.23. The summed E-state index contributed by atoms with van der Waals surface area (Å²) in [6.07, 6.45) is 12.3. The van der Waals surface area contributed by atoms with Crippen LogP contribution in [0.2, 0.25) is 0 Å². The van der Waals surface area contributed by atoms with Gasteiger partial charge in [0.15, 0.2) is 0 Å². The van der Waals surface area contributed by atoms with Gasteiger partial charge in [0.05, 0.1) is 18.2 Å². The second kappa shape index (κ2) is 5.37. The van der Waals surface area contributed by atoms with E-state index in [0.29, 0.717) is 18.1 Å². The highest BCUT2D eigenvalue weighted by atomic mass is 16.5. The average Bonchev–Trinajstić information content (AvgIpc) is 2.91. The molecule has 5 nitrogen and oxygen atoms in total. The molecule has 3 aliphatic rings. The first kappa shape index (κ1) is 14.2. The van der Waals surface area contributed by atoms with Crippen LogP contribution in [0.4, 0.5) is 0 Å². The summed E-state index contributed by atoms with van der Waals surface area (Å²) in [7, 11) is 1.89. The Bertz CT molecular complexity index is 562. The van der Waals surface area contributed by atoms with E-state index in [2.05, 4.69) is 10.4 Å². The summed E-state index contributed by atoms with van der Waals surface area (Å²) in [5, 5.41) is 7.52. The monoisotopic (exact) mass is 303 g/mol. The molecule has 2 heterocycles. The van der Waals surface area contributed by atoms with Gasteiger partial charge in [-0.1, -0.05) is 19.3 Å². The third-order valence-corrected chi connectivity index (χ3v) is 5.84. The van der Waals surface area contributed by atoms with Crippen LogP contribution in [0, 0.1) is 11.3 Å². The third-order valence-electron chi connectivity index (χ3n) is 5.84. The summed E-state index contributed by atoms with van der Waals surface area (Å²) < 4.78 is 7.58. The van der Waals surface area contributed by atoms with Gasteiger partial charge in [-0.2, -0.15) is 5.10 Å². The van der Waals surface area contributed by atoms with E-state index in [1.54, 1.807) is 4.68 Å². The molecule has 1 aromatic heterocycles. The molecule has 3 atom stereocenters. The van der Waals surface area contributed by atoms with E-state index >= 15 is 0 Å². The molecule has 3 fully saturated rings. The van der Waals surface area contributed by atoms with E-state index in [4.69, 9.17) is 4.74 Å². The van der Waals surface area contributed by atoms with Crippen molar-refractivity contribution < 1.29 is 9.53 Å². The molecule has 0 bridgehead atoms. The van der Waals surface area contributed by atoms with Gasteiger partial charge < -0.3 is 10.1 Å². The second-order valence-corrected chi connectivity index (χ2v) is 7.32. The maximum atomic E-state index is 12.7. The number of rotatable bonds is 3. The topological polar surface area (TPSA) is 56.1 Å². The fourth-order valence-corrected chi connectivity index (χ4v) is 4.41. The van der Waals surface area contributed by atoms with Crippen LogP contribution in [-0.2, 0) is 16.6 Å². The standard InChI is InChI=1S/C17H25N3O2/c1-20-11-12(10-18-20)15-13(5-8-22-15)16(21)19-14-9-17(14)6-3-2-4-7-17/h10-11,13-15H,2-9H2,1H3,(H,19,21)/t13-,14+,15+/m0/s1. The number of hydrogen-bond donors (Lipinski definition) is 1. The molecule has 22 heavy (non-hydrogen) atoms. The van der Waals surface area contributed by atoms with Crippen molar-refractivity contribution in [2.45, 2.75) is 57.1 Å². The first-order chi connectivity index (χ1) is 10.7. The normalized spacial score (nSPS) is 33.0. The van der Waals surface area contributed by atoms with Gasteiger partial charge in [0.25, 0.3) is 0 Å². The Morgan fingerprint density at radius 1 is 1.41 bits per heavy atom. The quantitative estimate of drug-likeness (QED) is 0.932. The SMILES string of the molecule is Cn1cc([C@H]2OCC[C@@H]2C(=O)N[C@@H]2CC23CCCCC3)cn1. The fraction of sp³-hybridized carbons (Fsp3) is 0.765. The lowest BCUT2D eigenvalue weighted by Crippen LogP contribution is -2.36. The number of carbonyl (C=O) groups excluding carboxylic acids is 1. The van der Waals surface area contributed by atoms with Crippen molar-refractivity contribution in [1.82, 2.24) is 15.1 Å². The van der Waals surface area contributed by atoms with E-state index in [1.807, 2.05) is 19.4 Å². The lowest BCUT2D eigenvalue weighted by atomic mass is 9.85. The molecular formula is C17H25N3O2. The summed E-state index contributed by atoms with van der Waals surface area (Å²) in [5.41, 5.74) is 1.46. The number of amides is 1. The predicted molar refractivity (Wildman–Crippen MR) is 82.1 cm³/mol. The highest BCUT2D eigenvalue weighted by Crippen LogP contribution is 2.56. The van der Waals surface area contributed by atoms with Crippen molar-refractivity contribution in [3.05, 3.63) is 18.0 Å². The van der Waals surface area contributed by atoms with Crippen LogP contribution in [0.15, 0.2) is 12.4 Å². The van der Waals surface area contributed by atoms with Gasteiger partial charge in [-0.25, -0.2) is 0 Å². The number of nitrogens with zero attached hydrogens (tertiary/aromatic N) is 2. The van der Waals surface area contributed by atoms with Crippen LogP contribution >= 0.6 is 0 Å². The molecule has 1 amide bonds. The van der Waals surface area contributed by atoms with Crippen LogP contribution in [-0.4, -0.2) is 28.3 Å². The van der Waals surface area contributed by atoms with Crippen molar-refractivity contribution in [2.24, 2.45) is 18.4 Å². The highest BCUT2D eigenvalue weighted by Gasteiger charge is 2.55. The van der Waals surface area contributed by atoms with Crippen LogP contribution in [0.25, 0.3) is 0 Å². The van der Waals surface area contributed by atoms with Gasteiger partial charge in [-0.05, 0) is 31.1 Å². The van der Waals surface area contributed by atoms with Crippen LogP contribution in [0.5, 0.6) is 0 Å². The molecule has 1 saturated heterocycles. The molecule has 1 spiro atoms. The minimum absolute atomic E-state index is 0.0644. The van der Waals surface area contributed by atoms with Crippen molar-refractivity contribution >= 4 is 5.91 Å². The number of nitrogens with one attached hydrogen (secondary N) is 1. The van der Waals surface area contributed by atoms with E-state index < -0.39 is 0 Å². The molecule has 2 saturated carbocycles. The molecule has 1 N–H and O–H groups in total. The van der Waals surface area contributed by atoms with Crippen LogP contribution in [0.3, 0.4) is 0 Å². The van der Waals surface area contributed by atoms with Gasteiger partial charge in [-0.3, -0.25) is 9.48 Å². The van der Waals surface area contributed by atoms with Gasteiger partial charge in [0.2, 0.25) is 5.91 Å². The molecule has 120 valence electrons. The first-order valence-corrected chi connectivity index (χ1v) is 8.58. The largest absolute Gasteiger partial charge is 0.373 e. The second-order valence-electron chi connectivity index (χ2n) is 7.32. The Morgan fingerprint density at radius 3 is 2.95 bits per heavy atom. The summed E-state index contributed by atoms with van der Waals surface area (Å²) in [6, 6.07) is 0.412. The number of carbonyl (C=O) groups is 1. The third kappa shape index (κ3) is 2.45. The Balaban J connectivity index is 1.40.